The van der Waals surface area contributed by atoms with E-state index in [9.17, 15) is 14.4 Å². The molecule has 0 bridgehead atoms. The van der Waals surface area contributed by atoms with Gasteiger partial charge in [0.2, 0.25) is 5.91 Å². The smallest absolute Gasteiger partial charge is 0.354 e. The van der Waals surface area contributed by atoms with E-state index in [4.69, 9.17) is 5.11 Å². The van der Waals surface area contributed by atoms with Crippen molar-refractivity contribution in [3.05, 3.63) is 57.2 Å². The lowest BCUT2D eigenvalue weighted by atomic mass is 10.3. The summed E-state index contributed by atoms with van der Waals surface area (Å²) in [5, 5.41) is 11.3. The molecule has 0 radical (unpaired) electrons. The van der Waals surface area contributed by atoms with Crippen LogP contribution in [0.4, 0.5) is 5.69 Å². The van der Waals surface area contributed by atoms with Crippen molar-refractivity contribution in [1.29, 1.82) is 0 Å². The summed E-state index contributed by atoms with van der Waals surface area (Å²) in [7, 11) is 0. The molecule has 0 spiro atoms. The number of halogens is 1. The second-order valence-electron chi connectivity index (χ2n) is 4.10. The van der Waals surface area contributed by atoms with Gasteiger partial charge in [0.1, 0.15) is 12.2 Å². The Labute approximate surface area is 127 Å². The number of carbonyl (C=O) groups is 2. The molecule has 7 nitrogen and oxygen atoms in total. The monoisotopic (exact) mass is 351 g/mol. The Kier molecular flexibility index (Phi) is 4.49. The molecule has 21 heavy (non-hydrogen) atoms. The predicted molar refractivity (Wildman–Crippen MR) is 78.2 cm³/mol. The maximum absolute atomic E-state index is 11.8. The van der Waals surface area contributed by atoms with E-state index in [2.05, 4.69) is 26.2 Å². The van der Waals surface area contributed by atoms with Crippen LogP contribution in [0.25, 0.3) is 0 Å². The Bertz CT molecular complexity index is 740. The Hall–Kier alpha value is -2.48. The van der Waals surface area contributed by atoms with Crippen LogP contribution in [0, 0.1) is 0 Å². The van der Waals surface area contributed by atoms with E-state index in [-0.39, 0.29) is 17.8 Å². The summed E-state index contributed by atoms with van der Waals surface area (Å²) in [6.45, 7) is -0.154. The van der Waals surface area contributed by atoms with Crippen molar-refractivity contribution in [3.63, 3.8) is 0 Å². The van der Waals surface area contributed by atoms with E-state index in [1.54, 1.807) is 6.07 Å². The highest BCUT2D eigenvalue weighted by Crippen LogP contribution is 2.07. The summed E-state index contributed by atoms with van der Waals surface area (Å²) < 4.78 is 1.93. The van der Waals surface area contributed by atoms with Crippen LogP contribution < -0.4 is 10.9 Å². The summed E-state index contributed by atoms with van der Waals surface area (Å²) in [4.78, 5) is 37.7. The summed E-state index contributed by atoms with van der Waals surface area (Å²) in [5.74, 6) is -1.56. The van der Waals surface area contributed by atoms with Crippen LogP contribution in [0.1, 0.15) is 10.5 Å². The average Bonchev–Trinajstić information content (AvgIpc) is 2.43. The second kappa shape index (κ2) is 6.31. The number of aromatic nitrogens is 2. The lowest BCUT2D eigenvalue weighted by Gasteiger charge is -2.07. The normalized spacial score (nSPS) is 10.1. The highest BCUT2D eigenvalue weighted by Gasteiger charge is 2.07. The first-order valence-electron chi connectivity index (χ1n) is 5.81. The molecule has 0 fully saturated rings. The summed E-state index contributed by atoms with van der Waals surface area (Å²) >= 11 is 3.22. The van der Waals surface area contributed by atoms with Crippen LogP contribution in [-0.4, -0.2) is 26.5 Å². The van der Waals surface area contributed by atoms with Crippen molar-refractivity contribution >= 4 is 33.5 Å². The minimum Gasteiger partial charge on any atom is -0.477 e. The van der Waals surface area contributed by atoms with Gasteiger partial charge in [-0.15, -0.1) is 0 Å². The zero-order valence-corrected chi connectivity index (χ0v) is 12.2. The Morgan fingerprint density at radius 3 is 2.67 bits per heavy atom. The molecule has 0 aromatic carbocycles. The Balaban J connectivity index is 2.06. The molecule has 0 aliphatic carbocycles. The number of carboxylic acid groups (broad SMARTS) is 1. The van der Waals surface area contributed by atoms with Gasteiger partial charge >= 0.3 is 5.97 Å². The Morgan fingerprint density at radius 1 is 1.29 bits per heavy atom. The lowest BCUT2D eigenvalue weighted by molar-refractivity contribution is -0.116. The molecule has 1 amide bonds. The minimum atomic E-state index is -1.14. The van der Waals surface area contributed by atoms with Gasteiger partial charge in [-0.05, 0) is 34.1 Å². The SMILES string of the molecule is O=C(Cn1cc(Br)ccc1=O)Nc1ccc(C(=O)O)nc1. The third-order valence-electron chi connectivity index (χ3n) is 2.53. The summed E-state index contributed by atoms with van der Waals surface area (Å²) in [6, 6.07) is 5.65. The van der Waals surface area contributed by atoms with Gasteiger partial charge in [-0.1, -0.05) is 0 Å². The third-order valence-corrected chi connectivity index (χ3v) is 3.00. The lowest BCUT2D eigenvalue weighted by Crippen LogP contribution is -2.26. The fraction of sp³-hybridized carbons (Fsp3) is 0.0769. The first-order valence-corrected chi connectivity index (χ1v) is 6.60. The fourth-order valence-corrected chi connectivity index (χ4v) is 1.95. The molecular formula is C13H10BrN3O4. The molecule has 0 unspecified atom stereocenters. The number of anilines is 1. The van der Waals surface area contributed by atoms with E-state index < -0.39 is 11.9 Å². The van der Waals surface area contributed by atoms with Crippen LogP contribution in [0.5, 0.6) is 0 Å². The van der Waals surface area contributed by atoms with E-state index in [1.165, 1.54) is 35.2 Å². The van der Waals surface area contributed by atoms with Crippen molar-refractivity contribution in [1.82, 2.24) is 9.55 Å². The molecule has 2 heterocycles. The van der Waals surface area contributed by atoms with Crippen LogP contribution >= 0.6 is 15.9 Å². The minimum absolute atomic E-state index is 0.115. The first-order chi connectivity index (χ1) is 9.95. The number of nitrogens with one attached hydrogen (secondary N) is 1. The molecule has 0 atom stereocenters. The molecule has 0 aliphatic heterocycles. The van der Waals surface area contributed by atoms with E-state index >= 15 is 0 Å². The van der Waals surface area contributed by atoms with E-state index in [0.29, 0.717) is 10.2 Å². The first kappa shape index (κ1) is 14.9. The van der Waals surface area contributed by atoms with Gasteiger partial charge < -0.3 is 15.0 Å². The van der Waals surface area contributed by atoms with Crippen molar-refractivity contribution < 1.29 is 14.7 Å². The molecule has 108 valence electrons. The van der Waals surface area contributed by atoms with E-state index in [1.807, 2.05) is 0 Å². The number of aromatic carboxylic acids is 1. The maximum atomic E-state index is 11.8. The molecular weight excluding hydrogens is 342 g/mol. The van der Waals surface area contributed by atoms with Crippen LogP contribution in [0.15, 0.2) is 45.9 Å². The van der Waals surface area contributed by atoms with Gasteiger partial charge in [-0.3, -0.25) is 9.59 Å². The highest BCUT2D eigenvalue weighted by atomic mass is 79.9. The number of hydrogen-bond acceptors (Lipinski definition) is 4. The molecule has 0 saturated carbocycles. The highest BCUT2D eigenvalue weighted by molar-refractivity contribution is 9.10. The predicted octanol–water partition coefficient (Wildman–Crippen LogP) is 1.34. The number of amides is 1. The average molecular weight is 352 g/mol. The standard InChI is InChI=1S/C13H10BrN3O4/c14-8-1-4-12(19)17(6-8)7-11(18)16-9-2-3-10(13(20)21)15-5-9/h1-6H,7H2,(H,16,18)(H,20,21). The van der Waals surface area contributed by atoms with Crippen molar-refractivity contribution in [2.45, 2.75) is 6.54 Å². The number of nitrogens with zero attached hydrogens (tertiary/aromatic N) is 2. The van der Waals surface area contributed by atoms with Gasteiger partial charge in [0, 0.05) is 16.7 Å². The van der Waals surface area contributed by atoms with Crippen molar-refractivity contribution in [2.75, 3.05) is 5.32 Å². The van der Waals surface area contributed by atoms with E-state index in [0.717, 1.165) is 0 Å². The topological polar surface area (TPSA) is 101 Å². The molecule has 0 aliphatic rings. The molecule has 2 rings (SSSR count). The van der Waals surface area contributed by atoms with Gasteiger partial charge in [0.25, 0.3) is 5.56 Å². The van der Waals surface area contributed by atoms with Crippen LogP contribution in [-0.2, 0) is 11.3 Å². The molecule has 0 saturated heterocycles. The Morgan fingerprint density at radius 2 is 2.05 bits per heavy atom. The molecule has 2 N–H and O–H groups in total. The zero-order chi connectivity index (χ0) is 15.4. The fourth-order valence-electron chi connectivity index (χ4n) is 1.58. The number of hydrogen-bond donors (Lipinski definition) is 2. The summed E-state index contributed by atoms with van der Waals surface area (Å²) in [6.07, 6.45) is 2.75. The van der Waals surface area contributed by atoms with Crippen molar-refractivity contribution in [3.8, 4) is 0 Å². The van der Waals surface area contributed by atoms with Gasteiger partial charge in [0.15, 0.2) is 0 Å². The van der Waals surface area contributed by atoms with Gasteiger partial charge in [-0.25, -0.2) is 9.78 Å². The van der Waals surface area contributed by atoms with Crippen LogP contribution in [0.3, 0.4) is 0 Å². The second-order valence-corrected chi connectivity index (χ2v) is 5.01. The zero-order valence-electron chi connectivity index (χ0n) is 10.6. The number of pyridine rings is 2. The van der Waals surface area contributed by atoms with Crippen molar-refractivity contribution in [2.24, 2.45) is 0 Å². The summed E-state index contributed by atoms with van der Waals surface area (Å²) in [5.41, 5.74) is -0.0584. The van der Waals surface area contributed by atoms with Gasteiger partial charge in [-0.2, -0.15) is 0 Å². The largest absolute Gasteiger partial charge is 0.477 e. The molecule has 8 heteroatoms. The molecule has 2 aromatic rings. The maximum Gasteiger partial charge on any atom is 0.354 e. The van der Waals surface area contributed by atoms with Gasteiger partial charge in [0.05, 0.1) is 11.9 Å². The molecule has 2 aromatic heterocycles. The quantitative estimate of drug-likeness (QED) is 0.865. The number of carboxylic acids is 1. The van der Waals surface area contributed by atoms with Crippen LogP contribution in [0.2, 0.25) is 0 Å². The number of rotatable bonds is 4. The third kappa shape index (κ3) is 3.99. The number of carbonyl (C=O) groups excluding carboxylic acids is 1.